The van der Waals surface area contributed by atoms with Gasteiger partial charge in [-0.25, -0.2) is 22.0 Å². The standard InChI is InChI=1S/C11H9F2N3O4S/c1-5-10(4-14-15-5)21(19,20)16-9-3-8(13)7(12)2-6(9)11(17)18/h2-4,16H,1H3,(H,14,15)(H,17,18). The van der Waals surface area contributed by atoms with Crippen molar-refractivity contribution in [3.05, 3.63) is 41.2 Å². The van der Waals surface area contributed by atoms with Gasteiger partial charge in [-0.3, -0.25) is 9.82 Å². The topological polar surface area (TPSA) is 112 Å². The zero-order valence-electron chi connectivity index (χ0n) is 10.5. The lowest BCUT2D eigenvalue weighted by atomic mass is 10.2. The summed E-state index contributed by atoms with van der Waals surface area (Å²) in [7, 11) is -4.18. The van der Waals surface area contributed by atoms with Gasteiger partial charge in [-0.15, -0.1) is 0 Å². The van der Waals surface area contributed by atoms with Crippen LogP contribution in [0.25, 0.3) is 0 Å². The van der Waals surface area contributed by atoms with Gasteiger partial charge in [0.15, 0.2) is 11.6 Å². The smallest absolute Gasteiger partial charge is 0.337 e. The number of carbonyl (C=O) groups is 1. The summed E-state index contributed by atoms with van der Waals surface area (Å²) in [5.74, 6) is -4.37. The molecule has 2 aromatic rings. The van der Waals surface area contributed by atoms with Crippen molar-refractivity contribution in [2.75, 3.05) is 4.72 Å². The summed E-state index contributed by atoms with van der Waals surface area (Å²) < 4.78 is 52.3. The minimum Gasteiger partial charge on any atom is -0.478 e. The number of anilines is 1. The Labute approximate surface area is 117 Å². The van der Waals surface area contributed by atoms with Crippen molar-refractivity contribution in [3.8, 4) is 0 Å². The number of halogens is 2. The average Bonchev–Trinajstić information content (AvgIpc) is 2.80. The Morgan fingerprint density at radius 2 is 1.95 bits per heavy atom. The predicted octanol–water partition coefficient (Wildman–Crippen LogP) is 1.50. The second kappa shape index (κ2) is 5.13. The zero-order chi connectivity index (χ0) is 15.8. The number of benzene rings is 1. The number of rotatable bonds is 4. The maximum absolute atomic E-state index is 13.2. The highest BCUT2D eigenvalue weighted by Gasteiger charge is 2.23. The fraction of sp³-hybridized carbons (Fsp3) is 0.0909. The number of aromatic nitrogens is 2. The number of aromatic carboxylic acids is 1. The Kier molecular flexibility index (Phi) is 3.64. The summed E-state index contributed by atoms with van der Waals surface area (Å²) in [5, 5.41) is 14.8. The normalized spacial score (nSPS) is 11.4. The van der Waals surface area contributed by atoms with E-state index in [1.807, 2.05) is 4.72 Å². The quantitative estimate of drug-likeness (QED) is 0.791. The third-order valence-electron chi connectivity index (χ3n) is 2.61. The lowest BCUT2D eigenvalue weighted by Gasteiger charge is -2.10. The van der Waals surface area contributed by atoms with Crippen LogP contribution in [0.4, 0.5) is 14.5 Å². The molecule has 1 heterocycles. The highest BCUT2D eigenvalue weighted by molar-refractivity contribution is 7.92. The molecule has 112 valence electrons. The molecule has 0 saturated carbocycles. The lowest BCUT2D eigenvalue weighted by molar-refractivity contribution is 0.0697. The van der Waals surface area contributed by atoms with Crippen molar-refractivity contribution in [3.63, 3.8) is 0 Å². The van der Waals surface area contributed by atoms with Gasteiger partial charge < -0.3 is 5.11 Å². The molecule has 21 heavy (non-hydrogen) atoms. The van der Waals surface area contributed by atoms with E-state index in [9.17, 15) is 22.0 Å². The van der Waals surface area contributed by atoms with E-state index in [-0.39, 0.29) is 10.6 Å². The summed E-state index contributed by atoms with van der Waals surface area (Å²) >= 11 is 0. The molecule has 3 N–H and O–H groups in total. The largest absolute Gasteiger partial charge is 0.478 e. The van der Waals surface area contributed by atoms with E-state index in [1.54, 1.807) is 0 Å². The zero-order valence-corrected chi connectivity index (χ0v) is 11.3. The summed E-state index contributed by atoms with van der Waals surface area (Å²) in [6, 6.07) is 0.865. The van der Waals surface area contributed by atoms with Gasteiger partial charge in [-0.2, -0.15) is 5.10 Å². The van der Waals surface area contributed by atoms with Crippen molar-refractivity contribution in [1.82, 2.24) is 10.2 Å². The van der Waals surface area contributed by atoms with E-state index in [0.29, 0.717) is 12.1 Å². The fourth-order valence-electron chi connectivity index (χ4n) is 1.62. The van der Waals surface area contributed by atoms with Crippen LogP contribution in [0.15, 0.2) is 23.2 Å². The van der Waals surface area contributed by atoms with Gasteiger partial charge in [0.25, 0.3) is 10.0 Å². The molecule has 0 atom stereocenters. The molecule has 0 aliphatic heterocycles. The van der Waals surface area contributed by atoms with Crippen molar-refractivity contribution in [2.45, 2.75) is 11.8 Å². The van der Waals surface area contributed by atoms with E-state index < -0.39 is 38.9 Å². The van der Waals surface area contributed by atoms with E-state index in [0.717, 1.165) is 6.20 Å². The predicted molar refractivity (Wildman–Crippen MR) is 67.5 cm³/mol. The van der Waals surface area contributed by atoms with E-state index in [2.05, 4.69) is 10.2 Å². The molecular weight excluding hydrogens is 308 g/mol. The fourth-order valence-corrected chi connectivity index (χ4v) is 2.83. The third kappa shape index (κ3) is 2.84. The van der Waals surface area contributed by atoms with Gasteiger partial charge in [0.05, 0.1) is 23.1 Å². The molecule has 0 spiro atoms. The monoisotopic (exact) mass is 317 g/mol. The first-order valence-electron chi connectivity index (χ1n) is 5.47. The number of H-pyrrole nitrogens is 1. The molecule has 0 unspecified atom stereocenters. The molecule has 0 radical (unpaired) electrons. The van der Waals surface area contributed by atoms with Crippen LogP contribution in [0, 0.1) is 18.6 Å². The van der Waals surface area contributed by atoms with Crippen LogP contribution in [0.5, 0.6) is 0 Å². The van der Waals surface area contributed by atoms with Crippen LogP contribution in [-0.4, -0.2) is 29.7 Å². The van der Waals surface area contributed by atoms with Crippen LogP contribution in [0.2, 0.25) is 0 Å². The Balaban J connectivity index is 2.51. The molecule has 0 aliphatic rings. The number of carboxylic acid groups (broad SMARTS) is 1. The maximum Gasteiger partial charge on any atom is 0.337 e. The molecule has 7 nitrogen and oxygen atoms in total. The molecular formula is C11H9F2N3O4S. The molecule has 0 aliphatic carbocycles. The number of carboxylic acids is 1. The first-order valence-corrected chi connectivity index (χ1v) is 6.96. The molecule has 1 aromatic heterocycles. The number of hydrogen-bond acceptors (Lipinski definition) is 4. The Morgan fingerprint density at radius 3 is 2.48 bits per heavy atom. The minimum atomic E-state index is -4.18. The number of sulfonamides is 1. The third-order valence-corrected chi connectivity index (χ3v) is 4.09. The van der Waals surface area contributed by atoms with Gasteiger partial charge in [-0.05, 0) is 13.0 Å². The SMILES string of the molecule is Cc1[nH]ncc1S(=O)(=O)Nc1cc(F)c(F)cc1C(=O)O. The van der Waals surface area contributed by atoms with Crippen LogP contribution in [0.1, 0.15) is 16.1 Å². The summed E-state index contributed by atoms with van der Waals surface area (Å²) in [6.45, 7) is 1.44. The first kappa shape index (κ1) is 14.9. The molecule has 2 rings (SSSR count). The molecule has 0 saturated heterocycles. The highest BCUT2D eigenvalue weighted by Crippen LogP contribution is 2.24. The Hall–Kier alpha value is -2.49. The number of aromatic amines is 1. The van der Waals surface area contributed by atoms with E-state index >= 15 is 0 Å². The van der Waals surface area contributed by atoms with Crippen LogP contribution in [0.3, 0.4) is 0 Å². The van der Waals surface area contributed by atoms with E-state index in [4.69, 9.17) is 5.11 Å². The lowest BCUT2D eigenvalue weighted by Crippen LogP contribution is -2.16. The van der Waals surface area contributed by atoms with Gasteiger partial charge >= 0.3 is 5.97 Å². The molecule has 0 bridgehead atoms. The Morgan fingerprint density at radius 1 is 1.33 bits per heavy atom. The second-order valence-corrected chi connectivity index (χ2v) is 5.73. The summed E-state index contributed by atoms with van der Waals surface area (Å²) in [6.07, 6.45) is 1.01. The first-order chi connectivity index (χ1) is 9.72. The summed E-state index contributed by atoms with van der Waals surface area (Å²) in [4.78, 5) is 10.7. The van der Waals surface area contributed by atoms with Gasteiger partial charge in [0.2, 0.25) is 0 Å². The molecule has 0 fully saturated rings. The van der Waals surface area contributed by atoms with E-state index in [1.165, 1.54) is 6.92 Å². The van der Waals surface area contributed by atoms with Gasteiger partial charge in [0.1, 0.15) is 4.90 Å². The van der Waals surface area contributed by atoms with Crippen LogP contribution < -0.4 is 4.72 Å². The number of nitrogens with one attached hydrogen (secondary N) is 2. The maximum atomic E-state index is 13.2. The van der Waals surface area contributed by atoms with Crippen LogP contribution >= 0.6 is 0 Å². The Bertz CT molecular complexity index is 817. The van der Waals surface area contributed by atoms with Crippen LogP contribution in [-0.2, 0) is 10.0 Å². The minimum absolute atomic E-state index is 0.210. The van der Waals surface area contributed by atoms with Crippen molar-refractivity contribution >= 4 is 21.7 Å². The second-order valence-electron chi connectivity index (χ2n) is 4.08. The molecule has 0 amide bonds. The summed E-state index contributed by atoms with van der Waals surface area (Å²) in [5.41, 5.74) is -1.08. The average molecular weight is 317 g/mol. The molecule has 10 heteroatoms. The van der Waals surface area contributed by atoms with Gasteiger partial charge in [-0.1, -0.05) is 0 Å². The van der Waals surface area contributed by atoms with Crippen molar-refractivity contribution in [1.29, 1.82) is 0 Å². The number of nitrogens with zero attached hydrogens (tertiary/aromatic N) is 1. The van der Waals surface area contributed by atoms with Crippen molar-refractivity contribution in [2.24, 2.45) is 0 Å². The highest BCUT2D eigenvalue weighted by atomic mass is 32.2. The number of aryl methyl sites for hydroxylation is 1. The van der Waals surface area contributed by atoms with Gasteiger partial charge in [0, 0.05) is 6.07 Å². The number of hydrogen-bond donors (Lipinski definition) is 3. The van der Waals surface area contributed by atoms with Crippen molar-refractivity contribution < 1.29 is 27.1 Å². The molecule has 1 aromatic carbocycles.